The molecule has 1 heterocycles. The third-order valence-electron chi connectivity index (χ3n) is 5.30. The summed E-state index contributed by atoms with van der Waals surface area (Å²) in [6.07, 6.45) is 4.71. The third-order valence-corrected chi connectivity index (χ3v) is 6.06. The maximum absolute atomic E-state index is 12.7. The van der Waals surface area contributed by atoms with Gasteiger partial charge in [0.15, 0.2) is 22.4 Å². The number of allylic oxidation sites excluding steroid dienone is 1. The van der Waals surface area contributed by atoms with Gasteiger partial charge >= 0.3 is 6.61 Å². The number of nitrogens with zero attached hydrogens (tertiary/aromatic N) is 1. The Balaban J connectivity index is 1.31. The van der Waals surface area contributed by atoms with Crippen LogP contribution in [0.4, 0.5) is 13.9 Å². The number of nitrogens with one attached hydrogen (secondary N) is 1. The van der Waals surface area contributed by atoms with Crippen molar-refractivity contribution in [2.75, 3.05) is 5.32 Å². The van der Waals surface area contributed by atoms with E-state index < -0.39 is 6.61 Å². The van der Waals surface area contributed by atoms with E-state index in [9.17, 15) is 18.4 Å². The highest BCUT2D eigenvalue weighted by atomic mass is 32.1. The lowest BCUT2D eigenvalue weighted by Crippen LogP contribution is -2.40. The lowest BCUT2D eigenvalue weighted by atomic mass is 9.81. The van der Waals surface area contributed by atoms with Gasteiger partial charge in [-0.15, -0.1) is 17.9 Å². The molecule has 0 saturated heterocycles. The first-order chi connectivity index (χ1) is 14.9. The Morgan fingerprint density at radius 3 is 2.71 bits per heavy atom. The minimum atomic E-state index is -2.96. The molecule has 0 radical (unpaired) electrons. The highest BCUT2D eigenvalue weighted by Crippen LogP contribution is 2.38. The highest BCUT2D eigenvalue weighted by molar-refractivity contribution is 7.14. The van der Waals surface area contributed by atoms with Crippen LogP contribution in [0.5, 0.6) is 11.5 Å². The van der Waals surface area contributed by atoms with Crippen LogP contribution in [0.15, 0.2) is 36.2 Å². The molecule has 1 N–H and O–H groups in total. The Bertz CT molecular complexity index is 984. The number of rotatable bonds is 10. The van der Waals surface area contributed by atoms with Crippen molar-refractivity contribution in [2.24, 2.45) is 11.8 Å². The maximum Gasteiger partial charge on any atom is 0.387 e. The molecule has 0 spiro atoms. The minimum absolute atomic E-state index is 0.0358. The molecule has 2 aliphatic carbocycles. The molecule has 1 amide bonds. The molecule has 0 bridgehead atoms. The topological polar surface area (TPSA) is 77.5 Å². The number of hydrogen-bond donors (Lipinski definition) is 1. The average Bonchev–Trinajstić information content (AvgIpc) is 3.44. The standard InChI is InChI=1S/C22H22F2N2O4S/c1-2-3-12-4-7-17(30-21(23)24)18(8-12)29-15-9-14(10-15)20(28)26-22-25-16(11-31-22)19(27)13-5-6-13/h2,4,7-8,11,13-15,21H,1,3,5-6,9-10H2,(H,25,26,28). The fourth-order valence-electron chi connectivity index (χ4n) is 3.39. The van der Waals surface area contributed by atoms with E-state index in [1.807, 2.05) is 0 Å². The molecule has 31 heavy (non-hydrogen) atoms. The van der Waals surface area contributed by atoms with Crippen molar-refractivity contribution in [1.29, 1.82) is 0 Å². The summed E-state index contributed by atoms with van der Waals surface area (Å²) < 4.78 is 35.8. The van der Waals surface area contributed by atoms with Gasteiger partial charge in [-0.05, 0) is 49.8 Å². The Labute approximate surface area is 182 Å². The molecular weight excluding hydrogens is 426 g/mol. The second-order valence-corrected chi connectivity index (χ2v) is 8.58. The van der Waals surface area contributed by atoms with E-state index in [2.05, 4.69) is 21.6 Å². The van der Waals surface area contributed by atoms with Crippen molar-refractivity contribution in [3.05, 3.63) is 47.5 Å². The van der Waals surface area contributed by atoms with Gasteiger partial charge in [0.2, 0.25) is 5.91 Å². The first kappa shape index (κ1) is 21.4. The Hall–Kier alpha value is -2.81. The second kappa shape index (κ2) is 9.13. The fraction of sp³-hybridized carbons (Fsp3) is 0.409. The van der Waals surface area contributed by atoms with Gasteiger partial charge < -0.3 is 14.8 Å². The van der Waals surface area contributed by atoms with Gasteiger partial charge in [0.25, 0.3) is 0 Å². The van der Waals surface area contributed by atoms with Gasteiger partial charge in [0.1, 0.15) is 11.8 Å². The number of aromatic nitrogens is 1. The number of anilines is 1. The number of ether oxygens (including phenoxy) is 2. The van der Waals surface area contributed by atoms with Crippen molar-refractivity contribution in [1.82, 2.24) is 4.98 Å². The molecule has 164 valence electrons. The molecule has 1 aromatic heterocycles. The van der Waals surface area contributed by atoms with Crippen molar-refractivity contribution >= 4 is 28.2 Å². The number of hydrogen-bond acceptors (Lipinski definition) is 6. The molecule has 2 saturated carbocycles. The number of amides is 1. The largest absolute Gasteiger partial charge is 0.486 e. The number of benzene rings is 1. The maximum atomic E-state index is 12.7. The van der Waals surface area contributed by atoms with E-state index in [-0.39, 0.29) is 41.1 Å². The van der Waals surface area contributed by atoms with Crippen LogP contribution in [-0.2, 0) is 11.2 Å². The molecule has 9 heteroatoms. The molecule has 4 rings (SSSR count). The summed E-state index contributed by atoms with van der Waals surface area (Å²) in [7, 11) is 0. The molecule has 0 aliphatic heterocycles. The van der Waals surface area contributed by atoms with Gasteiger partial charge in [-0.2, -0.15) is 8.78 Å². The lowest BCUT2D eigenvalue weighted by molar-refractivity contribution is -0.125. The third kappa shape index (κ3) is 5.28. The number of Topliss-reactive ketones (excluding diaryl/α,β-unsaturated/α-hetero) is 1. The molecule has 0 unspecified atom stereocenters. The summed E-state index contributed by atoms with van der Waals surface area (Å²) in [5.74, 6) is -0.150. The Morgan fingerprint density at radius 1 is 1.26 bits per heavy atom. The number of carbonyl (C=O) groups is 2. The second-order valence-electron chi connectivity index (χ2n) is 7.73. The number of carbonyl (C=O) groups excluding carboxylic acids is 2. The zero-order valence-corrected chi connectivity index (χ0v) is 17.5. The molecule has 2 aliphatic rings. The highest BCUT2D eigenvalue weighted by Gasteiger charge is 2.37. The fourth-order valence-corrected chi connectivity index (χ4v) is 4.10. The number of thiazole rings is 1. The van der Waals surface area contributed by atoms with Crippen molar-refractivity contribution in [2.45, 2.75) is 44.8 Å². The van der Waals surface area contributed by atoms with Crippen LogP contribution in [-0.4, -0.2) is 29.4 Å². The van der Waals surface area contributed by atoms with Gasteiger partial charge in [-0.3, -0.25) is 9.59 Å². The van der Waals surface area contributed by atoms with Crippen LogP contribution in [0.1, 0.15) is 41.7 Å². The summed E-state index contributed by atoms with van der Waals surface area (Å²) in [5.41, 5.74) is 1.27. The van der Waals surface area contributed by atoms with Crippen LogP contribution in [0, 0.1) is 11.8 Å². The molecule has 0 atom stereocenters. The van der Waals surface area contributed by atoms with E-state index >= 15 is 0 Å². The Morgan fingerprint density at radius 2 is 2.03 bits per heavy atom. The van der Waals surface area contributed by atoms with Crippen LogP contribution >= 0.6 is 11.3 Å². The predicted molar refractivity (Wildman–Crippen MR) is 112 cm³/mol. The van der Waals surface area contributed by atoms with Crippen molar-refractivity contribution < 1.29 is 27.8 Å². The van der Waals surface area contributed by atoms with Crippen LogP contribution in [0.2, 0.25) is 0 Å². The van der Waals surface area contributed by atoms with Gasteiger partial charge in [0.05, 0.1) is 0 Å². The van der Waals surface area contributed by atoms with Crippen molar-refractivity contribution in [3.63, 3.8) is 0 Å². The Kier molecular flexibility index (Phi) is 6.31. The van der Waals surface area contributed by atoms with E-state index in [0.717, 1.165) is 18.4 Å². The van der Waals surface area contributed by atoms with Crippen LogP contribution < -0.4 is 14.8 Å². The number of ketones is 1. The van der Waals surface area contributed by atoms with E-state index in [1.165, 1.54) is 17.4 Å². The SMILES string of the molecule is C=CCc1ccc(OC(F)F)c(OC2CC(C(=O)Nc3nc(C(=O)C4CC4)cs3)C2)c1. The quantitative estimate of drug-likeness (QED) is 0.415. The zero-order valence-electron chi connectivity index (χ0n) is 16.7. The molecule has 2 fully saturated rings. The normalized spacial score (nSPS) is 20.1. The summed E-state index contributed by atoms with van der Waals surface area (Å²) in [5, 5.41) is 4.83. The number of halogens is 2. The van der Waals surface area contributed by atoms with E-state index in [0.29, 0.717) is 30.1 Å². The first-order valence-electron chi connectivity index (χ1n) is 10.1. The smallest absolute Gasteiger partial charge is 0.387 e. The molecule has 6 nitrogen and oxygen atoms in total. The van der Waals surface area contributed by atoms with Crippen LogP contribution in [0.3, 0.4) is 0 Å². The predicted octanol–water partition coefficient (Wildman–Crippen LogP) is 4.86. The van der Waals surface area contributed by atoms with Gasteiger partial charge in [0, 0.05) is 17.2 Å². The van der Waals surface area contributed by atoms with E-state index in [4.69, 9.17) is 4.74 Å². The molecular formula is C22H22F2N2O4S. The average molecular weight is 448 g/mol. The van der Waals surface area contributed by atoms with Crippen LogP contribution in [0.25, 0.3) is 0 Å². The lowest BCUT2D eigenvalue weighted by Gasteiger charge is -2.34. The molecule has 1 aromatic carbocycles. The number of alkyl halides is 2. The first-order valence-corrected chi connectivity index (χ1v) is 11.0. The summed E-state index contributed by atoms with van der Waals surface area (Å²) in [6, 6.07) is 4.78. The zero-order chi connectivity index (χ0) is 22.0. The van der Waals surface area contributed by atoms with Gasteiger partial charge in [-0.25, -0.2) is 4.98 Å². The van der Waals surface area contributed by atoms with Crippen molar-refractivity contribution in [3.8, 4) is 11.5 Å². The minimum Gasteiger partial charge on any atom is -0.486 e. The van der Waals surface area contributed by atoms with E-state index in [1.54, 1.807) is 23.6 Å². The molecule has 2 aromatic rings. The van der Waals surface area contributed by atoms with Gasteiger partial charge in [-0.1, -0.05) is 12.1 Å². The summed E-state index contributed by atoms with van der Waals surface area (Å²) in [4.78, 5) is 28.7. The summed E-state index contributed by atoms with van der Waals surface area (Å²) >= 11 is 1.23. The summed E-state index contributed by atoms with van der Waals surface area (Å²) in [6.45, 7) is 0.716. The monoisotopic (exact) mass is 448 g/mol.